The predicted octanol–water partition coefficient (Wildman–Crippen LogP) is 2.47. The predicted molar refractivity (Wildman–Crippen MR) is 56.8 cm³/mol. The Bertz CT molecular complexity index is 508. The van der Waals surface area contributed by atoms with Crippen molar-refractivity contribution in [2.24, 2.45) is 5.92 Å². The monoisotopic (exact) mass is 236 g/mol. The van der Waals surface area contributed by atoms with E-state index in [2.05, 4.69) is 0 Å². The first kappa shape index (κ1) is 12.8. The van der Waals surface area contributed by atoms with E-state index in [1.807, 2.05) is 0 Å². The van der Waals surface area contributed by atoms with Gasteiger partial charge in [0.25, 0.3) is 5.69 Å². The third-order valence-electron chi connectivity index (χ3n) is 2.30. The molecular formula is C11H9FN2O3. The fourth-order valence-electron chi connectivity index (χ4n) is 1.39. The quantitative estimate of drug-likeness (QED) is 0.456. The molecule has 0 heterocycles. The molecule has 6 heteroatoms. The Kier molecular flexibility index (Phi) is 3.88. The number of nitro groups is 1. The highest BCUT2D eigenvalue weighted by Crippen LogP contribution is 2.23. The fraction of sp³-hybridized carbons (Fsp3) is 0.273. The lowest BCUT2D eigenvalue weighted by Crippen LogP contribution is -2.14. The second-order valence-corrected chi connectivity index (χ2v) is 3.37. The number of hydrogen-bond donors (Lipinski definition) is 0. The van der Waals surface area contributed by atoms with Crippen molar-refractivity contribution in [1.82, 2.24) is 0 Å². The van der Waals surface area contributed by atoms with Gasteiger partial charge in [-0.25, -0.2) is 4.39 Å². The molecule has 0 bridgehead atoms. The number of carbonyl (C=O) groups is 1. The van der Waals surface area contributed by atoms with Crippen LogP contribution < -0.4 is 0 Å². The summed E-state index contributed by atoms with van der Waals surface area (Å²) in [5.41, 5.74) is -0.839. The zero-order valence-electron chi connectivity index (χ0n) is 9.01. The fourth-order valence-corrected chi connectivity index (χ4v) is 1.39. The molecule has 0 amide bonds. The maximum absolute atomic E-state index is 12.9. The highest BCUT2D eigenvalue weighted by Gasteiger charge is 2.26. The van der Waals surface area contributed by atoms with Gasteiger partial charge >= 0.3 is 0 Å². The minimum absolute atomic E-state index is 0.232. The van der Waals surface area contributed by atoms with Crippen LogP contribution in [0.25, 0.3) is 0 Å². The van der Waals surface area contributed by atoms with Gasteiger partial charge in [-0.05, 0) is 18.6 Å². The molecule has 0 radical (unpaired) electrons. The van der Waals surface area contributed by atoms with Gasteiger partial charge in [0.2, 0.25) is 0 Å². The van der Waals surface area contributed by atoms with E-state index in [9.17, 15) is 19.3 Å². The molecule has 1 atom stereocenters. The number of nitriles is 1. The normalized spacial score (nSPS) is 11.6. The molecule has 0 aliphatic rings. The van der Waals surface area contributed by atoms with Crippen LogP contribution >= 0.6 is 0 Å². The molecule has 1 rings (SSSR count). The molecule has 1 unspecified atom stereocenters. The van der Waals surface area contributed by atoms with E-state index in [1.165, 1.54) is 0 Å². The molecule has 0 saturated heterocycles. The molecular weight excluding hydrogens is 227 g/mol. The van der Waals surface area contributed by atoms with E-state index in [1.54, 1.807) is 13.0 Å². The van der Waals surface area contributed by atoms with Gasteiger partial charge < -0.3 is 0 Å². The van der Waals surface area contributed by atoms with Crippen LogP contribution in [0.5, 0.6) is 0 Å². The van der Waals surface area contributed by atoms with Crippen LogP contribution in [0.4, 0.5) is 10.1 Å². The van der Waals surface area contributed by atoms with Crippen molar-refractivity contribution in [2.75, 3.05) is 0 Å². The van der Waals surface area contributed by atoms with Crippen molar-refractivity contribution >= 4 is 11.5 Å². The minimum Gasteiger partial charge on any atom is -0.292 e. The third kappa shape index (κ3) is 2.64. The van der Waals surface area contributed by atoms with E-state index < -0.39 is 28.1 Å². The first-order valence-corrected chi connectivity index (χ1v) is 4.89. The van der Waals surface area contributed by atoms with Crippen LogP contribution in [0, 0.1) is 33.2 Å². The first-order valence-electron chi connectivity index (χ1n) is 4.89. The van der Waals surface area contributed by atoms with E-state index in [-0.39, 0.29) is 12.0 Å². The minimum atomic E-state index is -0.945. The second kappa shape index (κ2) is 5.16. The molecule has 0 saturated carbocycles. The van der Waals surface area contributed by atoms with Crippen molar-refractivity contribution in [3.8, 4) is 6.07 Å². The third-order valence-corrected chi connectivity index (χ3v) is 2.30. The summed E-state index contributed by atoms with van der Waals surface area (Å²) >= 11 is 0. The summed E-state index contributed by atoms with van der Waals surface area (Å²) in [5.74, 6) is -2.39. The summed E-state index contributed by atoms with van der Waals surface area (Å²) in [6, 6.07) is 4.44. The Morgan fingerprint density at radius 1 is 1.65 bits per heavy atom. The number of ketones is 1. The van der Waals surface area contributed by atoms with Crippen LogP contribution in [0.1, 0.15) is 23.7 Å². The highest BCUT2D eigenvalue weighted by molar-refractivity contribution is 6.02. The Hall–Kier alpha value is -2.29. The van der Waals surface area contributed by atoms with Crippen LogP contribution in [-0.4, -0.2) is 10.7 Å². The van der Waals surface area contributed by atoms with E-state index in [0.29, 0.717) is 6.07 Å². The van der Waals surface area contributed by atoms with Crippen LogP contribution in [0.2, 0.25) is 0 Å². The standard InChI is InChI=1S/C11H9FN2O3/c1-2-7(6-13)11(15)9-4-3-8(12)5-10(9)14(16)17/h3-5,7H,2H2,1H3. The lowest BCUT2D eigenvalue weighted by Gasteiger charge is -2.05. The summed E-state index contributed by atoms with van der Waals surface area (Å²) in [6.07, 6.45) is 0.254. The summed E-state index contributed by atoms with van der Waals surface area (Å²) in [7, 11) is 0. The number of benzene rings is 1. The van der Waals surface area contributed by atoms with Gasteiger partial charge in [0.1, 0.15) is 11.7 Å². The summed E-state index contributed by atoms with van der Waals surface area (Å²) < 4.78 is 12.9. The van der Waals surface area contributed by atoms with Crippen molar-refractivity contribution in [3.63, 3.8) is 0 Å². The average Bonchev–Trinajstić information content (AvgIpc) is 2.30. The Balaban J connectivity index is 3.27. The van der Waals surface area contributed by atoms with Crippen molar-refractivity contribution in [2.45, 2.75) is 13.3 Å². The SMILES string of the molecule is CCC(C#N)C(=O)c1ccc(F)cc1[N+](=O)[O-]. The number of nitro benzene ring substituents is 1. The van der Waals surface area contributed by atoms with Crippen LogP contribution in [0.3, 0.4) is 0 Å². The molecule has 1 aromatic carbocycles. The van der Waals surface area contributed by atoms with Crippen molar-refractivity contribution in [1.29, 1.82) is 5.26 Å². The lowest BCUT2D eigenvalue weighted by atomic mass is 9.95. The number of halogens is 1. The molecule has 0 aliphatic heterocycles. The zero-order valence-corrected chi connectivity index (χ0v) is 9.01. The van der Waals surface area contributed by atoms with Gasteiger partial charge in [0.05, 0.1) is 22.6 Å². The molecule has 5 nitrogen and oxygen atoms in total. The van der Waals surface area contributed by atoms with E-state index in [4.69, 9.17) is 5.26 Å². The van der Waals surface area contributed by atoms with Gasteiger partial charge in [-0.2, -0.15) is 5.26 Å². The number of Topliss-reactive ketones (excluding diaryl/α,β-unsaturated/α-hetero) is 1. The average molecular weight is 236 g/mol. The zero-order chi connectivity index (χ0) is 13.0. The first-order chi connectivity index (χ1) is 8.01. The maximum atomic E-state index is 12.9. The van der Waals surface area contributed by atoms with Gasteiger partial charge in [-0.1, -0.05) is 6.92 Å². The van der Waals surface area contributed by atoms with Gasteiger partial charge in [-0.15, -0.1) is 0 Å². The summed E-state index contributed by atoms with van der Waals surface area (Å²) in [6.45, 7) is 1.63. The molecule has 1 aromatic rings. The van der Waals surface area contributed by atoms with Crippen LogP contribution in [0.15, 0.2) is 18.2 Å². The molecule has 88 valence electrons. The van der Waals surface area contributed by atoms with Gasteiger partial charge in [0.15, 0.2) is 5.78 Å². The number of nitrogens with zero attached hydrogens (tertiary/aromatic N) is 2. The molecule has 0 fully saturated rings. The smallest absolute Gasteiger partial charge is 0.283 e. The van der Waals surface area contributed by atoms with E-state index >= 15 is 0 Å². The molecule has 0 spiro atoms. The van der Waals surface area contributed by atoms with Crippen molar-refractivity contribution in [3.05, 3.63) is 39.7 Å². The number of carbonyl (C=O) groups excluding carboxylic acids is 1. The number of rotatable bonds is 4. The maximum Gasteiger partial charge on any atom is 0.283 e. The van der Waals surface area contributed by atoms with Crippen LogP contribution in [-0.2, 0) is 0 Å². The molecule has 0 aliphatic carbocycles. The Morgan fingerprint density at radius 3 is 2.76 bits per heavy atom. The lowest BCUT2D eigenvalue weighted by molar-refractivity contribution is -0.385. The molecule has 0 aromatic heterocycles. The van der Waals surface area contributed by atoms with Crippen molar-refractivity contribution < 1.29 is 14.1 Å². The molecule has 17 heavy (non-hydrogen) atoms. The second-order valence-electron chi connectivity index (χ2n) is 3.37. The van der Waals surface area contributed by atoms with Gasteiger partial charge in [-0.3, -0.25) is 14.9 Å². The Labute approximate surface area is 96.6 Å². The Morgan fingerprint density at radius 2 is 2.29 bits per heavy atom. The number of hydrogen-bond acceptors (Lipinski definition) is 4. The largest absolute Gasteiger partial charge is 0.292 e. The van der Waals surface area contributed by atoms with E-state index in [0.717, 1.165) is 12.1 Å². The molecule has 0 N–H and O–H groups in total. The summed E-state index contributed by atoms with van der Waals surface area (Å²) in [4.78, 5) is 21.6. The summed E-state index contributed by atoms with van der Waals surface area (Å²) in [5, 5.41) is 19.4. The van der Waals surface area contributed by atoms with Gasteiger partial charge in [0, 0.05) is 0 Å². The topological polar surface area (TPSA) is 84.0 Å². The highest BCUT2D eigenvalue weighted by atomic mass is 19.1.